The van der Waals surface area contributed by atoms with Crippen molar-refractivity contribution in [1.82, 2.24) is 10.5 Å². The molecule has 5 heteroatoms. The number of amides is 2. The first kappa shape index (κ1) is 8.19. The van der Waals surface area contributed by atoms with Crippen molar-refractivity contribution in [2.75, 3.05) is 21.3 Å². The second-order valence-electron chi connectivity index (χ2n) is 1.18. The molecule has 0 radical (unpaired) electrons. The molecule has 0 aromatic heterocycles. The standard InChI is InChI=1S/C4H10N2O3/c1-5-4(7)6(8-2)9-3/h1-3H3,(H,5,7). The van der Waals surface area contributed by atoms with Crippen LogP contribution in [0.2, 0.25) is 0 Å². The molecule has 2 amide bonds. The first-order valence-electron chi connectivity index (χ1n) is 2.36. The maximum atomic E-state index is 10.5. The van der Waals surface area contributed by atoms with Gasteiger partial charge in [-0.3, -0.25) is 0 Å². The van der Waals surface area contributed by atoms with Crippen molar-refractivity contribution < 1.29 is 14.5 Å². The number of hydrogen-bond donors (Lipinski definition) is 1. The van der Waals surface area contributed by atoms with Crippen LogP contribution in [0.15, 0.2) is 0 Å². The van der Waals surface area contributed by atoms with Gasteiger partial charge in [-0.1, -0.05) is 5.23 Å². The van der Waals surface area contributed by atoms with E-state index in [0.29, 0.717) is 0 Å². The molecule has 0 aromatic rings. The van der Waals surface area contributed by atoms with E-state index in [1.807, 2.05) is 0 Å². The number of hydrogen-bond acceptors (Lipinski definition) is 3. The largest absolute Gasteiger partial charge is 0.366 e. The van der Waals surface area contributed by atoms with Crippen LogP contribution in [0.25, 0.3) is 0 Å². The Balaban J connectivity index is 3.64. The monoisotopic (exact) mass is 134 g/mol. The van der Waals surface area contributed by atoms with E-state index in [0.717, 1.165) is 5.23 Å². The number of carbonyl (C=O) groups is 1. The van der Waals surface area contributed by atoms with Crippen molar-refractivity contribution in [1.29, 1.82) is 0 Å². The van der Waals surface area contributed by atoms with Crippen molar-refractivity contribution in [3.63, 3.8) is 0 Å². The Labute approximate surface area is 53.4 Å². The molecule has 0 aliphatic heterocycles. The van der Waals surface area contributed by atoms with Gasteiger partial charge in [0.2, 0.25) is 0 Å². The minimum atomic E-state index is -0.444. The molecule has 54 valence electrons. The Bertz CT molecular complexity index is 91.8. The van der Waals surface area contributed by atoms with Gasteiger partial charge >= 0.3 is 6.03 Å². The van der Waals surface area contributed by atoms with Crippen LogP contribution in [-0.2, 0) is 9.68 Å². The summed E-state index contributed by atoms with van der Waals surface area (Å²) >= 11 is 0. The highest BCUT2D eigenvalue weighted by Crippen LogP contribution is 1.86. The summed E-state index contributed by atoms with van der Waals surface area (Å²) in [6.07, 6.45) is 0. The van der Waals surface area contributed by atoms with Crippen molar-refractivity contribution in [2.45, 2.75) is 0 Å². The summed E-state index contributed by atoms with van der Waals surface area (Å²) in [4.78, 5) is 19.4. The van der Waals surface area contributed by atoms with Gasteiger partial charge in [0, 0.05) is 7.05 Å². The Morgan fingerprint density at radius 1 is 1.44 bits per heavy atom. The molecule has 0 saturated carbocycles. The quantitative estimate of drug-likeness (QED) is 0.530. The van der Waals surface area contributed by atoms with E-state index in [2.05, 4.69) is 15.0 Å². The van der Waals surface area contributed by atoms with Gasteiger partial charge in [0.25, 0.3) is 0 Å². The summed E-state index contributed by atoms with van der Waals surface area (Å²) < 4.78 is 0. The van der Waals surface area contributed by atoms with Gasteiger partial charge in [0.05, 0.1) is 14.2 Å². The second kappa shape index (κ2) is 4.11. The molecule has 0 atom stereocenters. The average Bonchev–Trinajstić information content (AvgIpc) is 1.90. The molecule has 0 heterocycles. The van der Waals surface area contributed by atoms with Gasteiger partial charge in [0.15, 0.2) is 0 Å². The normalized spacial score (nSPS) is 8.78. The van der Waals surface area contributed by atoms with Crippen molar-refractivity contribution >= 4 is 6.03 Å². The highest BCUT2D eigenvalue weighted by Gasteiger charge is 2.07. The van der Waals surface area contributed by atoms with Crippen LogP contribution in [0.3, 0.4) is 0 Å². The fourth-order valence-electron chi connectivity index (χ4n) is 0.332. The molecule has 0 aromatic carbocycles. The van der Waals surface area contributed by atoms with Crippen molar-refractivity contribution in [2.24, 2.45) is 0 Å². The third-order valence-corrected chi connectivity index (χ3v) is 0.711. The molecule has 0 unspecified atom stereocenters. The predicted molar refractivity (Wildman–Crippen MR) is 30.3 cm³/mol. The molecular formula is C4H10N2O3. The number of carbonyl (C=O) groups excluding carboxylic acids is 1. The number of nitrogens with zero attached hydrogens (tertiary/aromatic N) is 1. The first-order chi connectivity index (χ1) is 4.26. The smallest absolute Gasteiger partial charge is 0.337 e. The van der Waals surface area contributed by atoms with Crippen LogP contribution in [-0.4, -0.2) is 32.5 Å². The topological polar surface area (TPSA) is 50.8 Å². The zero-order chi connectivity index (χ0) is 7.28. The van der Waals surface area contributed by atoms with E-state index in [4.69, 9.17) is 0 Å². The SMILES string of the molecule is CNC(=O)N(OC)OC. The number of nitrogens with one attached hydrogen (secondary N) is 1. The average molecular weight is 134 g/mol. The van der Waals surface area contributed by atoms with E-state index in [-0.39, 0.29) is 0 Å². The maximum Gasteiger partial charge on any atom is 0.366 e. The minimum Gasteiger partial charge on any atom is -0.337 e. The van der Waals surface area contributed by atoms with Crippen LogP contribution in [0.1, 0.15) is 0 Å². The number of hydroxylamine groups is 2. The molecule has 0 aliphatic carbocycles. The van der Waals surface area contributed by atoms with Crippen molar-refractivity contribution in [3.8, 4) is 0 Å². The highest BCUT2D eigenvalue weighted by atomic mass is 16.9. The molecule has 9 heavy (non-hydrogen) atoms. The lowest BCUT2D eigenvalue weighted by Gasteiger charge is -2.13. The molecule has 0 bridgehead atoms. The summed E-state index contributed by atoms with van der Waals surface area (Å²) in [6.45, 7) is 0. The van der Waals surface area contributed by atoms with E-state index >= 15 is 0 Å². The van der Waals surface area contributed by atoms with E-state index in [9.17, 15) is 4.79 Å². The molecule has 1 N–H and O–H groups in total. The maximum absolute atomic E-state index is 10.5. The van der Waals surface area contributed by atoms with Crippen LogP contribution >= 0.6 is 0 Å². The molecule has 0 fully saturated rings. The lowest BCUT2D eigenvalue weighted by Crippen LogP contribution is -2.36. The van der Waals surface area contributed by atoms with Gasteiger partial charge < -0.3 is 5.32 Å². The Morgan fingerprint density at radius 3 is 2.00 bits per heavy atom. The van der Waals surface area contributed by atoms with Gasteiger partial charge in [-0.25, -0.2) is 14.5 Å². The third kappa shape index (κ3) is 2.29. The van der Waals surface area contributed by atoms with E-state index in [1.54, 1.807) is 0 Å². The van der Waals surface area contributed by atoms with Crippen LogP contribution in [0.5, 0.6) is 0 Å². The molecular weight excluding hydrogens is 124 g/mol. The Hall–Kier alpha value is -0.810. The minimum absolute atomic E-state index is 0.444. The molecule has 0 spiro atoms. The Kier molecular flexibility index (Phi) is 3.74. The molecule has 0 saturated heterocycles. The van der Waals surface area contributed by atoms with Crippen LogP contribution in [0, 0.1) is 0 Å². The van der Waals surface area contributed by atoms with E-state index in [1.165, 1.54) is 21.3 Å². The van der Waals surface area contributed by atoms with Crippen molar-refractivity contribution in [3.05, 3.63) is 0 Å². The summed E-state index contributed by atoms with van der Waals surface area (Å²) in [5, 5.41) is 3.03. The van der Waals surface area contributed by atoms with Gasteiger partial charge in [-0.15, -0.1) is 0 Å². The highest BCUT2D eigenvalue weighted by molar-refractivity contribution is 5.71. The van der Waals surface area contributed by atoms with E-state index < -0.39 is 6.03 Å². The molecule has 0 rings (SSSR count). The third-order valence-electron chi connectivity index (χ3n) is 0.711. The fraction of sp³-hybridized carbons (Fsp3) is 0.750. The summed E-state index contributed by atoms with van der Waals surface area (Å²) in [5.74, 6) is 0. The fourth-order valence-corrected chi connectivity index (χ4v) is 0.332. The number of rotatable bonds is 2. The van der Waals surface area contributed by atoms with Crippen LogP contribution < -0.4 is 5.32 Å². The first-order valence-corrected chi connectivity index (χ1v) is 2.36. The second-order valence-corrected chi connectivity index (χ2v) is 1.18. The molecule has 5 nitrogen and oxygen atoms in total. The van der Waals surface area contributed by atoms with Gasteiger partial charge in [0.1, 0.15) is 0 Å². The van der Waals surface area contributed by atoms with Gasteiger partial charge in [-0.05, 0) is 0 Å². The number of urea groups is 1. The Morgan fingerprint density at radius 2 is 1.89 bits per heavy atom. The van der Waals surface area contributed by atoms with Crippen LogP contribution in [0.4, 0.5) is 4.79 Å². The molecule has 0 aliphatic rings. The summed E-state index contributed by atoms with van der Waals surface area (Å²) in [7, 11) is 4.14. The lowest BCUT2D eigenvalue weighted by atomic mass is 11.0. The summed E-state index contributed by atoms with van der Waals surface area (Å²) in [6, 6.07) is -0.444. The predicted octanol–water partition coefficient (Wildman–Crippen LogP) is -0.249. The zero-order valence-corrected chi connectivity index (χ0v) is 5.67. The summed E-state index contributed by atoms with van der Waals surface area (Å²) in [5.41, 5.74) is 0. The zero-order valence-electron chi connectivity index (χ0n) is 5.67. The lowest BCUT2D eigenvalue weighted by molar-refractivity contribution is -0.298. The van der Waals surface area contributed by atoms with Gasteiger partial charge in [-0.2, -0.15) is 0 Å².